The van der Waals surface area contributed by atoms with Crippen LogP contribution in [0, 0.1) is 17.8 Å². The topological polar surface area (TPSA) is 101 Å². The molecule has 6 aliphatic rings. The quantitative estimate of drug-likeness (QED) is 0.394. The number of carbonyl (C=O) groups is 1. The molecular weight excluding hydrogens is 724 g/mol. The highest BCUT2D eigenvalue weighted by molar-refractivity contribution is 7.90. The Kier molecular flexibility index (Phi) is 10.9. The van der Waals surface area contributed by atoms with E-state index in [2.05, 4.69) is 43.7 Å². The Morgan fingerprint density at radius 2 is 1.89 bits per heavy atom. The molecule has 2 aromatic carbocycles. The van der Waals surface area contributed by atoms with Gasteiger partial charge in [-0.15, -0.1) is 0 Å². The number of anilines is 1. The van der Waals surface area contributed by atoms with Crippen LogP contribution < -0.4 is 14.4 Å². The Bertz CT molecular complexity index is 1850. The normalized spacial score (nSPS) is 35.2. The number of nitrogens with one attached hydrogen (secondary N) is 1. The largest absolute Gasteiger partial charge is 0.490 e. The summed E-state index contributed by atoms with van der Waals surface area (Å²) in [5.41, 5.74) is 2.90. The average molecular weight is 781 g/mol. The zero-order chi connectivity index (χ0) is 37.7. The fraction of sp³-hybridized carbons (Fsp3) is 0.643. The van der Waals surface area contributed by atoms with Crippen LogP contribution >= 0.6 is 11.6 Å². The van der Waals surface area contributed by atoms with E-state index in [-0.39, 0.29) is 17.3 Å². The van der Waals surface area contributed by atoms with Gasteiger partial charge in [-0.05, 0) is 111 Å². The number of aryl methyl sites for hydroxylation is 1. The standard InChI is InChI=1S/C42H57ClN4O6S/c1-29-6-4-16-42(51-3,27-45-17-19-46(20-18-45)35-14-21-52-25-35)37-11-8-33(37)24-47-26-41(15-5-7-31-22-34(43)10-12-36(31)41)28-53-39-13-9-32(23-38(39)47)40(48)44-54(49,50)30(29)2/h4,9-10,12-13,16,22-23,29-30,33,35,37H,5-8,11,14-15,17-21,24-28H2,1-3H3,(H,44,48)/b16-4-/t29-,30+,33-,35-,37+,41-,42+/m0/s1. The van der Waals surface area contributed by atoms with E-state index in [1.54, 1.807) is 13.0 Å². The zero-order valence-electron chi connectivity index (χ0n) is 32.1. The molecule has 2 saturated heterocycles. The number of hydrogen-bond donors (Lipinski definition) is 1. The first-order chi connectivity index (χ1) is 26.0. The molecule has 7 atom stereocenters. The third kappa shape index (κ3) is 7.34. The van der Waals surface area contributed by atoms with Crippen molar-refractivity contribution in [3.8, 4) is 5.75 Å². The summed E-state index contributed by atoms with van der Waals surface area (Å²) in [5.74, 6) is 0.483. The van der Waals surface area contributed by atoms with E-state index >= 15 is 0 Å². The molecular formula is C42H57ClN4O6S. The number of sulfonamides is 1. The summed E-state index contributed by atoms with van der Waals surface area (Å²) in [6.07, 6.45) is 11.2. The van der Waals surface area contributed by atoms with Crippen molar-refractivity contribution < 1.29 is 27.4 Å². The van der Waals surface area contributed by atoms with Crippen molar-refractivity contribution in [3.63, 3.8) is 0 Å². The molecule has 4 aliphatic heterocycles. The van der Waals surface area contributed by atoms with E-state index < -0.39 is 26.8 Å². The van der Waals surface area contributed by atoms with Crippen molar-refractivity contribution in [2.75, 3.05) is 77.6 Å². The molecule has 4 heterocycles. The summed E-state index contributed by atoms with van der Waals surface area (Å²) < 4.78 is 48.8. The van der Waals surface area contributed by atoms with Crippen molar-refractivity contribution >= 4 is 33.2 Å². The number of fused-ring (bicyclic) bond motifs is 4. The molecule has 10 nitrogen and oxygen atoms in total. The molecule has 8 rings (SSSR count). The highest BCUT2D eigenvalue weighted by Gasteiger charge is 2.50. The van der Waals surface area contributed by atoms with Crippen LogP contribution in [0.1, 0.15) is 73.9 Å². The predicted molar refractivity (Wildman–Crippen MR) is 212 cm³/mol. The number of ether oxygens (including phenoxy) is 3. The van der Waals surface area contributed by atoms with Crippen molar-refractivity contribution in [3.05, 3.63) is 70.3 Å². The van der Waals surface area contributed by atoms with Crippen LogP contribution in [0.4, 0.5) is 5.69 Å². The number of nitrogens with zero attached hydrogens (tertiary/aromatic N) is 3. The Labute approximate surface area is 326 Å². The summed E-state index contributed by atoms with van der Waals surface area (Å²) in [6.45, 7) is 12.1. The van der Waals surface area contributed by atoms with E-state index in [0.29, 0.717) is 30.6 Å². The van der Waals surface area contributed by atoms with Gasteiger partial charge in [0.1, 0.15) is 11.4 Å². The van der Waals surface area contributed by atoms with Gasteiger partial charge in [-0.25, -0.2) is 13.1 Å². The third-order valence-corrected chi connectivity index (χ3v) is 16.1. The first kappa shape index (κ1) is 38.2. The molecule has 1 spiro atoms. The maximum absolute atomic E-state index is 13.7. The predicted octanol–water partition coefficient (Wildman–Crippen LogP) is 5.68. The highest BCUT2D eigenvalue weighted by atomic mass is 35.5. The van der Waals surface area contributed by atoms with Gasteiger partial charge in [0.05, 0.1) is 24.2 Å². The van der Waals surface area contributed by atoms with Crippen LogP contribution in [0.5, 0.6) is 5.75 Å². The van der Waals surface area contributed by atoms with Crippen LogP contribution in [-0.4, -0.2) is 114 Å². The Hall–Kier alpha value is -2.67. The first-order valence-corrected chi connectivity index (χ1v) is 22.1. The minimum absolute atomic E-state index is 0.219. The average Bonchev–Trinajstić information content (AvgIpc) is 3.65. The molecule has 294 valence electrons. The van der Waals surface area contributed by atoms with Gasteiger partial charge < -0.3 is 19.1 Å². The lowest BCUT2D eigenvalue weighted by Crippen LogP contribution is -2.59. The Morgan fingerprint density at radius 1 is 1.06 bits per heavy atom. The molecule has 0 unspecified atom stereocenters. The minimum atomic E-state index is -3.96. The Morgan fingerprint density at radius 3 is 2.63 bits per heavy atom. The number of allylic oxidation sites excluding steroid dienone is 1. The van der Waals surface area contributed by atoms with Gasteiger partial charge in [0.15, 0.2) is 0 Å². The number of carbonyl (C=O) groups excluding carboxylic acids is 1. The lowest BCUT2D eigenvalue weighted by atomic mass is 9.63. The molecule has 54 heavy (non-hydrogen) atoms. The molecule has 2 aromatic rings. The maximum atomic E-state index is 13.7. The van der Waals surface area contributed by atoms with E-state index in [9.17, 15) is 13.2 Å². The molecule has 12 heteroatoms. The molecule has 3 fully saturated rings. The second-order valence-electron chi connectivity index (χ2n) is 17.0. The second-order valence-corrected chi connectivity index (χ2v) is 19.5. The van der Waals surface area contributed by atoms with E-state index in [4.69, 9.17) is 25.8 Å². The van der Waals surface area contributed by atoms with Gasteiger partial charge in [-0.1, -0.05) is 36.7 Å². The zero-order valence-corrected chi connectivity index (χ0v) is 33.7. The fourth-order valence-corrected chi connectivity index (χ4v) is 11.7. The van der Waals surface area contributed by atoms with Crippen LogP contribution in [0.3, 0.4) is 0 Å². The Balaban J connectivity index is 1.16. The number of halogens is 1. The second kappa shape index (κ2) is 15.3. The van der Waals surface area contributed by atoms with Crippen molar-refractivity contribution in [1.82, 2.24) is 14.5 Å². The maximum Gasteiger partial charge on any atom is 0.264 e. The van der Waals surface area contributed by atoms with E-state index in [1.807, 2.05) is 32.2 Å². The molecule has 0 radical (unpaired) electrons. The molecule has 1 saturated carbocycles. The van der Waals surface area contributed by atoms with Gasteiger partial charge in [0, 0.05) is 81.6 Å². The van der Waals surface area contributed by atoms with Gasteiger partial charge in [0.25, 0.3) is 5.91 Å². The lowest BCUT2D eigenvalue weighted by Gasteiger charge is -2.52. The summed E-state index contributed by atoms with van der Waals surface area (Å²) in [7, 11) is -2.10. The highest BCUT2D eigenvalue weighted by Crippen LogP contribution is 2.49. The minimum Gasteiger partial charge on any atom is -0.490 e. The van der Waals surface area contributed by atoms with E-state index in [1.165, 1.54) is 11.1 Å². The van der Waals surface area contributed by atoms with Crippen molar-refractivity contribution in [2.24, 2.45) is 17.8 Å². The van der Waals surface area contributed by atoms with Gasteiger partial charge in [-0.2, -0.15) is 0 Å². The van der Waals surface area contributed by atoms with Crippen LogP contribution in [0.15, 0.2) is 48.6 Å². The molecule has 0 aromatic heterocycles. The third-order valence-electron chi connectivity index (χ3n) is 13.9. The molecule has 1 amide bonds. The number of hydrogen-bond acceptors (Lipinski definition) is 9. The summed E-state index contributed by atoms with van der Waals surface area (Å²) in [4.78, 5) is 21.3. The van der Waals surface area contributed by atoms with Gasteiger partial charge >= 0.3 is 0 Å². The molecule has 2 bridgehead atoms. The number of piperazine rings is 1. The number of amides is 1. The lowest BCUT2D eigenvalue weighted by molar-refractivity contribution is -0.0964. The van der Waals surface area contributed by atoms with E-state index in [0.717, 1.165) is 114 Å². The van der Waals surface area contributed by atoms with Crippen molar-refractivity contribution in [2.45, 2.75) is 81.1 Å². The van der Waals surface area contributed by atoms with Crippen LogP contribution in [0.2, 0.25) is 5.02 Å². The summed E-state index contributed by atoms with van der Waals surface area (Å²) >= 11 is 6.51. The molecule has 1 N–H and O–H groups in total. The van der Waals surface area contributed by atoms with Gasteiger partial charge in [0.2, 0.25) is 10.0 Å². The van der Waals surface area contributed by atoms with Crippen molar-refractivity contribution in [1.29, 1.82) is 0 Å². The number of rotatable bonds is 4. The smallest absolute Gasteiger partial charge is 0.264 e. The summed E-state index contributed by atoms with van der Waals surface area (Å²) in [5, 5.41) is -0.0290. The van der Waals surface area contributed by atoms with Gasteiger partial charge in [-0.3, -0.25) is 14.6 Å². The molecule has 2 aliphatic carbocycles. The summed E-state index contributed by atoms with van der Waals surface area (Å²) in [6, 6.07) is 12.2. The monoisotopic (exact) mass is 780 g/mol. The first-order valence-electron chi connectivity index (χ1n) is 20.1. The van der Waals surface area contributed by atoms with Crippen LogP contribution in [0.25, 0.3) is 0 Å². The fourth-order valence-electron chi connectivity index (χ4n) is 10.3. The number of methoxy groups -OCH3 is 1. The van der Waals surface area contributed by atoms with Crippen LogP contribution in [-0.2, 0) is 31.3 Å². The SMILES string of the molecule is CO[C@@]1(CN2CCN([C@H]3CCOC3)CC2)/C=C\C[C@H](C)[C@@H](C)S(=O)(=O)NC(=O)c2ccc3c(c2)N(C[C@@H]2CC[C@H]21)C[C@@]1(CCCc2cc(Cl)ccc21)CO3. The number of benzene rings is 2.